The van der Waals surface area contributed by atoms with Crippen LogP contribution in [-0.4, -0.2) is 47.3 Å². The number of hydrogen-bond donors (Lipinski definition) is 2. The van der Waals surface area contributed by atoms with Crippen molar-refractivity contribution in [3.63, 3.8) is 0 Å². The Hall–Kier alpha value is -0.120. The van der Waals surface area contributed by atoms with E-state index in [0.717, 1.165) is 12.5 Å². The predicted octanol–water partition coefficient (Wildman–Crippen LogP) is 1.51. The van der Waals surface area contributed by atoms with Gasteiger partial charge in [0.05, 0.1) is 6.10 Å². The zero-order valence-electron chi connectivity index (χ0n) is 10.8. The maximum absolute atomic E-state index is 10.2. The number of hydrogen-bond acceptors (Lipinski definition) is 3. The minimum absolute atomic E-state index is 0.104. The van der Waals surface area contributed by atoms with Gasteiger partial charge in [0, 0.05) is 24.7 Å². The van der Waals surface area contributed by atoms with Crippen LogP contribution in [0.5, 0.6) is 0 Å². The van der Waals surface area contributed by atoms with E-state index in [9.17, 15) is 5.11 Å². The first-order valence-electron chi connectivity index (χ1n) is 7.53. The summed E-state index contributed by atoms with van der Waals surface area (Å²) in [5, 5.41) is 14.0. The van der Waals surface area contributed by atoms with Gasteiger partial charge >= 0.3 is 0 Å². The number of nitrogens with one attached hydrogen (secondary N) is 1. The SMILES string of the molecule is OC1CCCCCC1NC1CCN2CCCC12. The van der Waals surface area contributed by atoms with Crippen molar-refractivity contribution in [2.45, 2.75) is 75.6 Å². The molecule has 3 nitrogen and oxygen atoms in total. The number of aliphatic hydroxyl groups excluding tert-OH is 1. The number of aliphatic hydroxyl groups is 1. The molecule has 2 saturated heterocycles. The molecule has 0 aromatic heterocycles. The first-order chi connectivity index (χ1) is 8.34. The molecule has 0 aromatic rings. The van der Waals surface area contributed by atoms with Gasteiger partial charge in [-0.15, -0.1) is 0 Å². The zero-order chi connectivity index (χ0) is 11.7. The van der Waals surface area contributed by atoms with Crippen LogP contribution in [0.4, 0.5) is 0 Å². The van der Waals surface area contributed by atoms with E-state index >= 15 is 0 Å². The third-order valence-corrected chi connectivity index (χ3v) is 5.01. The average molecular weight is 238 g/mol. The summed E-state index contributed by atoms with van der Waals surface area (Å²) >= 11 is 0. The van der Waals surface area contributed by atoms with Crippen molar-refractivity contribution >= 4 is 0 Å². The molecule has 17 heavy (non-hydrogen) atoms. The second kappa shape index (κ2) is 5.25. The molecule has 2 heterocycles. The largest absolute Gasteiger partial charge is 0.392 e. The van der Waals surface area contributed by atoms with E-state index in [-0.39, 0.29) is 6.10 Å². The average Bonchev–Trinajstić information content (AvgIpc) is 2.85. The smallest absolute Gasteiger partial charge is 0.0693 e. The van der Waals surface area contributed by atoms with Crippen molar-refractivity contribution in [2.75, 3.05) is 13.1 Å². The molecule has 0 bridgehead atoms. The molecule has 3 aliphatic rings. The second-order valence-electron chi connectivity index (χ2n) is 6.12. The minimum Gasteiger partial charge on any atom is -0.392 e. The van der Waals surface area contributed by atoms with Crippen molar-refractivity contribution in [3.05, 3.63) is 0 Å². The molecule has 3 heteroatoms. The first kappa shape index (κ1) is 11.9. The van der Waals surface area contributed by atoms with Gasteiger partial charge in [0.15, 0.2) is 0 Å². The Balaban J connectivity index is 1.58. The fourth-order valence-electron chi connectivity index (χ4n) is 4.03. The number of nitrogens with zero attached hydrogens (tertiary/aromatic N) is 1. The predicted molar refractivity (Wildman–Crippen MR) is 69.0 cm³/mol. The standard InChI is InChI=1S/C14H26N2O/c17-14-7-3-1-2-5-12(14)15-11-8-10-16-9-4-6-13(11)16/h11-15,17H,1-10H2. The highest BCUT2D eigenvalue weighted by Gasteiger charge is 2.38. The van der Waals surface area contributed by atoms with Gasteiger partial charge in [-0.3, -0.25) is 4.90 Å². The molecule has 2 N–H and O–H groups in total. The van der Waals surface area contributed by atoms with Crippen molar-refractivity contribution in [1.82, 2.24) is 10.2 Å². The number of rotatable bonds is 2. The first-order valence-corrected chi connectivity index (χ1v) is 7.53. The highest BCUT2D eigenvalue weighted by Crippen LogP contribution is 2.29. The van der Waals surface area contributed by atoms with Crippen LogP contribution < -0.4 is 5.32 Å². The summed E-state index contributed by atoms with van der Waals surface area (Å²) in [6.07, 6.45) is 9.88. The summed E-state index contributed by atoms with van der Waals surface area (Å²) in [7, 11) is 0. The molecule has 98 valence electrons. The van der Waals surface area contributed by atoms with E-state index in [1.54, 1.807) is 0 Å². The Kier molecular flexibility index (Phi) is 3.69. The van der Waals surface area contributed by atoms with Gasteiger partial charge < -0.3 is 10.4 Å². The lowest BCUT2D eigenvalue weighted by Crippen LogP contribution is -2.49. The molecule has 3 fully saturated rings. The van der Waals surface area contributed by atoms with Gasteiger partial charge in [0.25, 0.3) is 0 Å². The lowest BCUT2D eigenvalue weighted by molar-refractivity contribution is 0.110. The van der Waals surface area contributed by atoms with Crippen molar-refractivity contribution in [3.8, 4) is 0 Å². The van der Waals surface area contributed by atoms with Gasteiger partial charge in [0.1, 0.15) is 0 Å². The Morgan fingerprint density at radius 3 is 2.65 bits per heavy atom. The van der Waals surface area contributed by atoms with E-state index in [1.165, 1.54) is 58.0 Å². The van der Waals surface area contributed by atoms with Crippen LogP contribution in [-0.2, 0) is 0 Å². The van der Waals surface area contributed by atoms with Crippen LogP contribution in [0.2, 0.25) is 0 Å². The summed E-state index contributed by atoms with van der Waals surface area (Å²) in [5.74, 6) is 0. The van der Waals surface area contributed by atoms with Gasteiger partial charge in [0.2, 0.25) is 0 Å². The van der Waals surface area contributed by atoms with Gasteiger partial charge in [-0.05, 0) is 38.6 Å². The Bertz CT molecular complexity index is 259. The van der Waals surface area contributed by atoms with Gasteiger partial charge in [-0.2, -0.15) is 0 Å². The lowest BCUT2D eigenvalue weighted by atomic mass is 10.0. The van der Waals surface area contributed by atoms with Crippen LogP contribution in [0.1, 0.15) is 51.4 Å². The zero-order valence-corrected chi connectivity index (χ0v) is 10.8. The molecule has 0 spiro atoms. The summed E-state index contributed by atoms with van der Waals surface area (Å²) in [6.45, 7) is 2.57. The molecule has 4 atom stereocenters. The molecular weight excluding hydrogens is 212 g/mol. The summed E-state index contributed by atoms with van der Waals surface area (Å²) in [4.78, 5) is 2.64. The maximum atomic E-state index is 10.2. The highest BCUT2D eigenvalue weighted by molar-refractivity contribution is 4.97. The fourth-order valence-corrected chi connectivity index (χ4v) is 4.03. The molecular formula is C14H26N2O. The van der Waals surface area contributed by atoms with Crippen LogP contribution in [0.15, 0.2) is 0 Å². The second-order valence-corrected chi connectivity index (χ2v) is 6.12. The van der Waals surface area contributed by atoms with Gasteiger partial charge in [-0.25, -0.2) is 0 Å². The van der Waals surface area contributed by atoms with Crippen molar-refractivity contribution < 1.29 is 5.11 Å². The van der Waals surface area contributed by atoms with Crippen molar-refractivity contribution in [1.29, 1.82) is 0 Å². The van der Waals surface area contributed by atoms with Crippen LogP contribution >= 0.6 is 0 Å². The van der Waals surface area contributed by atoms with Gasteiger partial charge in [-0.1, -0.05) is 19.3 Å². The number of fused-ring (bicyclic) bond motifs is 1. The van der Waals surface area contributed by atoms with Crippen LogP contribution in [0.3, 0.4) is 0 Å². The topological polar surface area (TPSA) is 35.5 Å². The quantitative estimate of drug-likeness (QED) is 0.716. The maximum Gasteiger partial charge on any atom is 0.0693 e. The molecule has 3 rings (SSSR count). The molecule has 4 unspecified atom stereocenters. The van der Waals surface area contributed by atoms with E-state index < -0.39 is 0 Å². The third-order valence-electron chi connectivity index (χ3n) is 5.01. The fraction of sp³-hybridized carbons (Fsp3) is 1.00. The van der Waals surface area contributed by atoms with Crippen LogP contribution in [0, 0.1) is 0 Å². The van der Waals surface area contributed by atoms with Crippen LogP contribution in [0.25, 0.3) is 0 Å². The van der Waals surface area contributed by atoms with E-state index in [4.69, 9.17) is 0 Å². The summed E-state index contributed by atoms with van der Waals surface area (Å²) in [6, 6.07) is 1.78. The third kappa shape index (κ3) is 2.51. The normalized spacial score (nSPS) is 43.6. The Labute approximate surface area is 105 Å². The Morgan fingerprint density at radius 1 is 0.824 bits per heavy atom. The molecule has 2 aliphatic heterocycles. The molecule has 1 saturated carbocycles. The van der Waals surface area contributed by atoms with E-state index in [0.29, 0.717) is 12.1 Å². The minimum atomic E-state index is -0.104. The molecule has 0 amide bonds. The van der Waals surface area contributed by atoms with E-state index in [1.807, 2.05) is 0 Å². The highest BCUT2D eigenvalue weighted by atomic mass is 16.3. The van der Waals surface area contributed by atoms with Crippen molar-refractivity contribution in [2.24, 2.45) is 0 Å². The summed E-state index contributed by atoms with van der Waals surface area (Å²) < 4.78 is 0. The Morgan fingerprint density at radius 2 is 1.71 bits per heavy atom. The molecule has 0 radical (unpaired) electrons. The monoisotopic (exact) mass is 238 g/mol. The summed E-state index contributed by atoms with van der Waals surface area (Å²) in [5.41, 5.74) is 0. The molecule has 0 aromatic carbocycles. The van der Waals surface area contributed by atoms with E-state index in [2.05, 4.69) is 10.2 Å². The molecule has 1 aliphatic carbocycles. The lowest BCUT2D eigenvalue weighted by Gasteiger charge is -2.29.